The lowest BCUT2D eigenvalue weighted by Gasteiger charge is -2.22. The Kier molecular flexibility index (Phi) is 5.49. The maximum absolute atomic E-state index is 12.7. The van der Waals surface area contributed by atoms with Gasteiger partial charge in [0.15, 0.2) is 0 Å². The van der Waals surface area contributed by atoms with Crippen LogP contribution in [0.4, 0.5) is 4.79 Å². The predicted octanol–water partition coefficient (Wildman–Crippen LogP) is 2.41. The molecular weight excluding hydrogens is 330 g/mol. The largest absolute Gasteiger partial charge is 0.352 e. The Morgan fingerprint density at radius 2 is 1.83 bits per heavy atom. The molecule has 0 unspecified atom stereocenters. The summed E-state index contributed by atoms with van der Waals surface area (Å²) >= 11 is 5.87. The van der Waals surface area contributed by atoms with Gasteiger partial charge in [0.25, 0.3) is 5.91 Å². The van der Waals surface area contributed by atoms with Crippen LogP contribution in [0.1, 0.15) is 39.2 Å². The van der Waals surface area contributed by atoms with Crippen molar-refractivity contribution in [3.8, 4) is 0 Å². The number of urea groups is 1. The zero-order valence-electron chi connectivity index (χ0n) is 14.1. The second-order valence-electron chi connectivity index (χ2n) is 6.03. The standard InChI is InChI=1S/C17H22ClN3O3/c1-4-13(5-2)19-14(22)10-21-15(23)17(3,20-16(21)24)11-6-8-12(18)9-7-11/h6-9,13H,4-5,10H2,1-3H3,(H,19,22)(H,20,24)/t17-/m0/s1. The third-order valence-electron chi connectivity index (χ3n) is 4.35. The first-order valence-electron chi connectivity index (χ1n) is 8.01. The molecule has 1 saturated heterocycles. The van der Waals surface area contributed by atoms with Gasteiger partial charge in [-0.1, -0.05) is 37.6 Å². The van der Waals surface area contributed by atoms with Gasteiger partial charge in [0.05, 0.1) is 0 Å². The van der Waals surface area contributed by atoms with Gasteiger partial charge in [0.1, 0.15) is 12.1 Å². The quantitative estimate of drug-likeness (QED) is 0.772. The van der Waals surface area contributed by atoms with Crippen LogP contribution in [0.2, 0.25) is 5.02 Å². The summed E-state index contributed by atoms with van der Waals surface area (Å²) in [6.07, 6.45) is 1.59. The zero-order valence-corrected chi connectivity index (χ0v) is 14.8. The molecule has 130 valence electrons. The van der Waals surface area contributed by atoms with Crippen LogP contribution >= 0.6 is 11.6 Å². The minimum absolute atomic E-state index is 0.0425. The fourth-order valence-electron chi connectivity index (χ4n) is 2.73. The van der Waals surface area contributed by atoms with Gasteiger partial charge in [-0.15, -0.1) is 0 Å². The maximum Gasteiger partial charge on any atom is 0.325 e. The Morgan fingerprint density at radius 3 is 2.38 bits per heavy atom. The van der Waals surface area contributed by atoms with E-state index < -0.39 is 17.5 Å². The van der Waals surface area contributed by atoms with Crippen molar-refractivity contribution in [3.05, 3.63) is 34.9 Å². The molecule has 0 spiro atoms. The van der Waals surface area contributed by atoms with E-state index in [4.69, 9.17) is 11.6 Å². The fraction of sp³-hybridized carbons (Fsp3) is 0.471. The van der Waals surface area contributed by atoms with Crippen LogP contribution in [0.3, 0.4) is 0 Å². The molecule has 1 aliphatic heterocycles. The third kappa shape index (κ3) is 3.53. The van der Waals surface area contributed by atoms with E-state index in [2.05, 4.69) is 10.6 Å². The van der Waals surface area contributed by atoms with Gasteiger partial charge in [-0.25, -0.2) is 4.79 Å². The normalized spacial score (nSPS) is 20.5. The van der Waals surface area contributed by atoms with Crippen LogP contribution in [0, 0.1) is 0 Å². The lowest BCUT2D eigenvalue weighted by molar-refractivity contribution is -0.135. The molecule has 1 heterocycles. The van der Waals surface area contributed by atoms with E-state index in [1.54, 1.807) is 31.2 Å². The molecule has 4 amide bonds. The molecule has 0 aromatic heterocycles. The maximum atomic E-state index is 12.7. The fourth-order valence-corrected chi connectivity index (χ4v) is 2.86. The molecule has 0 aliphatic carbocycles. The Bertz CT molecular complexity index is 643. The van der Waals surface area contributed by atoms with Gasteiger partial charge >= 0.3 is 6.03 Å². The Morgan fingerprint density at radius 1 is 1.25 bits per heavy atom. The smallest absolute Gasteiger partial charge is 0.325 e. The predicted molar refractivity (Wildman–Crippen MR) is 91.6 cm³/mol. The monoisotopic (exact) mass is 351 g/mol. The van der Waals surface area contributed by atoms with E-state index in [1.165, 1.54) is 0 Å². The summed E-state index contributed by atoms with van der Waals surface area (Å²) in [6, 6.07) is 6.16. The Hall–Kier alpha value is -2.08. The highest BCUT2D eigenvalue weighted by molar-refractivity contribution is 6.30. The molecule has 2 rings (SSSR count). The average Bonchev–Trinajstić information content (AvgIpc) is 2.77. The zero-order chi connectivity index (χ0) is 17.9. The molecule has 1 fully saturated rings. The summed E-state index contributed by atoms with van der Waals surface area (Å²) in [5.74, 6) is -0.790. The highest BCUT2D eigenvalue weighted by atomic mass is 35.5. The molecular formula is C17H22ClN3O3. The summed E-state index contributed by atoms with van der Waals surface area (Å²) < 4.78 is 0. The van der Waals surface area contributed by atoms with Crippen LogP contribution in [0.5, 0.6) is 0 Å². The van der Waals surface area contributed by atoms with E-state index >= 15 is 0 Å². The molecule has 0 bridgehead atoms. The number of rotatable bonds is 6. The molecule has 1 aliphatic rings. The highest BCUT2D eigenvalue weighted by Gasteiger charge is 2.49. The van der Waals surface area contributed by atoms with Crippen LogP contribution in [0.25, 0.3) is 0 Å². The number of benzene rings is 1. The average molecular weight is 352 g/mol. The van der Waals surface area contributed by atoms with E-state index in [1.807, 2.05) is 13.8 Å². The van der Waals surface area contributed by atoms with Gasteiger partial charge in [-0.05, 0) is 37.5 Å². The lowest BCUT2D eigenvalue weighted by Crippen LogP contribution is -2.45. The van der Waals surface area contributed by atoms with Crippen molar-refractivity contribution in [2.75, 3.05) is 6.54 Å². The van der Waals surface area contributed by atoms with Crippen molar-refractivity contribution in [1.82, 2.24) is 15.5 Å². The topological polar surface area (TPSA) is 78.5 Å². The number of carbonyl (C=O) groups is 3. The third-order valence-corrected chi connectivity index (χ3v) is 4.60. The molecule has 1 aromatic rings. The first kappa shape index (κ1) is 18.3. The molecule has 1 aromatic carbocycles. The molecule has 0 saturated carbocycles. The van der Waals surface area contributed by atoms with E-state index in [9.17, 15) is 14.4 Å². The summed E-state index contributed by atoms with van der Waals surface area (Å²) in [5.41, 5.74) is -0.579. The van der Waals surface area contributed by atoms with Crippen LogP contribution in [0.15, 0.2) is 24.3 Å². The summed E-state index contributed by atoms with van der Waals surface area (Å²) in [7, 11) is 0. The van der Waals surface area contributed by atoms with Crippen LogP contribution < -0.4 is 10.6 Å². The minimum Gasteiger partial charge on any atom is -0.352 e. The van der Waals surface area contributed by atoms with Crippen LogP contribution in [-0.4, -0.2) is 35.3 Å². The molecule has 1 atom stereocenters. The van der Waals surface area contributed by atoms with Gasteiger partial charge in [0, 0.05) is 11.1 Å². The van der Waals surface area contributed by atoms with Crippen molar-refractivity contribution in [2.45, 2.75) is 45.2 Å². The van der Waals surface area contributed by atoms with Crippen molar-refractivity contribution in [3.63, 3.8) is 0 Å². The molecule has 0 radical (unpaired) electrons. The Balaban J connectivity index is 2.14. The number of halogens is 1. The van der Waals surface area contributed by atoms with Gasteiger partial charge in [-0.3, -0.25) is 14.5 Å². The van der Waals surface area contributed by atoms with Gasteiger partial charge < -0.3 is 10.6 Å². The van der Waals surface area contributed by atoms with E-state index in [0.717, 1.165) is 17.7 Å². The number of hydrogen-bond acceptors (Lipinski definition) is 3. The van der Waals surface area contributed by atoms with Crippen LogP contribution in [-0.2, 0) is 15.1 Å². The Labute approximate surface area is 146 Å². The van der Waals surface area contributed by atoms with Crippen molar-refractivity contribution in [2.24, 2.45) is 0 Å². The highest BCUT2D eigenvalue weighted by Crippen LogP contribution is 2.29. The van der Waals surface area contributed by atoms with E-state index in [-0.39, 0.29) is 18.5 Å². The summed E-state index contributed by atoms with van der Waals surface area (Å²) in [4.78, 5) is 38.0. The first-order chi connectivity index (χ1) is 11.3. The van der Waals surface area contributed by atoms with Gasteiger partial charge in [-0.2, -0.15) is 0 Å². The molecule has 24 heavy (non-hydrogen) atoms. The van der Waals surface area contributed by atoms with Crippen molar-refractivity contribution >= 4 is 29.4 Å². The number of nitrogens with one attached hydrogen (secondary N) is 2. The first-order valence-corrected chi connectivity index (χ1v) is 8.39. The molecule has 2 N–H and O–H groups in total. The van der Waals surface area contributed by atoms with Gasteiger partial charge in [0.2, 0.25) is 5.91 Å². The number of hydrogen-bond donors (Lipinski definition) is 2. The van der Waals surface area contributed by atoms with E-state index in [0.29, 0.717) is 10.6 Å². The summed E-state index contributed by atoms with van der Waals surface area (Å²) in [5, 5.41) is 6.04. The second-order valence-corrected chi connectivity index (χ2v) is 6.47. The number of nitrogens with zero attached hydrogens (tertiary/aromatic N) is 1. The number of imide groups is 1. The SMILES string of the molecule is CCC(CC)NC(=O)CN1C(=O)N[C@@](C)(c2ccc(Cl)cc2)C1=O. The number of amides is 4. The molecule has 6 nitrogen and oxygen atoms in total. The summed E-state index contributed by atoms with van der Waals surface area (Å²) in [6.45, 7) is 5.28. The number of carbonyl (C=O) groups excluding carboxylic acids is 3. The second kappa shape index (κ2) is 7.21. The molecule has 7 heteroatoms. The van der Waals surface area contributed by atoms with Crippen molar-refractivity contribution < 1.29 is 14.4 Å². The minimum atomic E-state index is -1.20. The lowest BCUT2D eigenvalue weighted by atomic mass is 9.92. The van der Waals surface area contributed by atoms with Crippen molar-refractivity contribution in [1.29, 1.82) is 0 Å².